The maximum Gasteiger partial charge on any atom is 0.239 e. The van der Waals surface area contributed by atoms with Crippen LogP contribution in [0.4, 0.5) is 0 Å². The highest BCUT2D eigenvalue weighted by molar-refractivity contribution is 5.81. The fourth-order valence-corrected chi connectivity index (χ4v) is 2.26. The number of nitrogens with zero attached hydrogens (tertiary/aromatic N) is 2. The van der Waals surface area contributed by atoms with Crippen molar-refractivity contribution in [3.63, 3.8) is 0 Å². The van der Waals surface area contributed by atoms with Crippen LogP contribution in [0, 0.1) is 0 Å². The number of hydrogen-bond acceptors (Lipinski definition) is 4. The van der Waals surface area contributed by atoms with E-state index in [2.05, 4.69) is 17.3 Å². The Hall–Kier alpha value is -0.650. The van der Waals surface area contributed by atoms with Crippen LogP contribution in [0.2, 0.25) is 0 Å². The zero-order chi connectivity index (χ0) is 12.8. The molecule has 100 valence electrons. The molecule has 0 aromatic carbocycles. The lowest BCUT2D eigenvalue weighted by molar-refractivity contribution is -0.136. The maximum absolute atomic E-state index is 12.2. The molecule has 1 atom stereocenters. The third-order valence-corrected chi connectivity index (χ3v) is 3.56. The summed E-state index contributed by atoms with van der Waals surface area (Å²) in [6.45, 7) is 4.39. The van der Waals surface area contributed by atoms with Gasteiger partial charge in [0.15, 0.2) is 0 Å². The van der Waals surface area contributed by atoms with Crippen molar-refractivity contribution < 1.29 is 9.90 Å². The highest BCUT2D eigenvalue weighted by Crippen LogP contribution is 2.16. The molecule has 1 fully saturated rings. The predicted molar refractivity (Wildman–Crippen MR) is 67.8 cm³/mol. The van der Waals surface area contributed by atoms with Crippen molar-refractivity contribution >= 4 is 5.91 Å². The Bertz CT molecular complexity index is 240. The quantitative estimate of drug-likeness (QED) is 0.684. The fraction of sp³-hybridized carbons (Fsp3) is 0.917. The van der Waals surface area contributed by atoms with E-state index >= 15 is 0 Å². The number of hydrogen-bond donors (Lipinski definition) is 2. The van der Waals surface area contributed by atoms with Crippen molar-refractivity contribution in [1.29, 1.82) is 0 Å². The summed E-state index contributed by atoms with van der Waals surface area (Å²) in [5.74, 6) is 0.0936. The number of likely N-dealkylation sites (N-methyl/N-ethyl adjacent to an activating group) is 1. The summed E-state index contributed by atoms with van der Waals surface area (Å²) in [5.41, 5.74) is 0. The van der Waals surface area contributed by atoms with E-state index in [1.165, 1.54) is 0 Å². The number of rotatable bonds is 5. The average molecular weight is 243 g/mol. The Morgan fingerprint density at radius 1 is 1.53 bits per heavy atom. The highest BCUT2D eigenvalue weighted by atomic mass is 16.3. The van der Waals surface area contributed by atoms with Crippen LogP contribution in [0.3, 0.4) is 0 Å². The molecule has 17 heavy (non-hydrogen) atoms. The summed E-state index contributed by atoms with van der Waals surface area (Å²) in [6.07, 6.45) is 2.00. The fourth-order valence-electron chi connectivity index (χ4n) is 2.26. The normalized spacial score (nSPS) is 20.2. The lowest BCUT2D eigenvalue weighted by atomic mass is 10.0. The van der Waals surface area contributed by atoms with Crippen molar-refractivity contribution in [1.82, 2.24) is 15.1 Å². The van der Waals surface area contributed by atoms with Gasteiger partial charge in [0.2, 0.25) is 5.91 Å². The largest absolute Gasteiger partial charge is 0.395 e. The number of carbonyl (C=O) groups is 1. The Balaban J connectivity index is 2.61. The van der Waals surface area contributed by atoms with Gasteiger partial charge >= 0.3 is 0 Å². The van der Waals surface area contributed by atoms with E-state index in [9.17, 15) is 4.79 Å². The van der Waals surface area contributed by atoms with Crippen LogP contribution >= 0.6 is 0 Å². The molecular formula is C12H25N3O2. The van der Waals surface area contributed by atoms with Gasteiger partial charge in [0.1, 0.15) is 0 Å². The Morgan fingerprint density at radius 3 is 2.59 bits per heavy atom. The van der Waals surface area contributed by atoms with Crippen molar-refractivity contribution in [3.05, 3.63) is 0 Å². The number of carbonyl (C=O) groups excluding carboxylic acids is 1. The van der Waals surface area contributed by atoms with E-state index < -0.39 is 0 Å². The maximum atomic E-state index is 12.2. The third-order valence-electron chi connectivity index (χ3n) is 3.56. The van der Waals surface area contributed by atoms with Crippen LogP contribution in [0.25, 0.3) is 0 Å². The molecule has 1 rings (SSSR count). The second-order valence-corrected chi connectivity index (χ2v) is 4.80. The summed E-state index contributed by atoms with van der Waals surface area (Å²) in [5, 5.41) is 12.1. The monoisotopic (exact) mass is 243 g/mol. The van der Waals surface area contributed by atoms with E-state index in [1.54, 1.807) is 7.05 Å². The smallest absolute Gasteiger partial charge is 0.239 e. The van der Waals surface area contributed by atoms with Crippen LogP contribution in [0.15, 0.2) is 0 Å². The molecule has 5 nitrogen and oxygen atoms in total. The molecule has 0 spiro atoms. The minimum absolute atomic E-state index is 0.0362. The van der Waals surface area contributed by atoms with Crippen molar-refractivity contribution in [2.75, 3.05) is 40.3 Å². The lowest BCUT2D eigenvalue weighted by Gasteiger charge is -2.38. The second-order valence-electron chi connectivity index (χ2n) is 4.80. The molecule has 1 unspecified atom stereocenters. The van der Waals surface area contributed by atoms with E-state index in [4.69, 9.17) is 5.11 Å². The summed E-state index contributed by atoms with van der Waals surface area (Å²) in [4.78, 5) is 16.3. The summed E-state index contributed by atoms with van der Waals surface area (Å²) >= 11 is 0. The zero-order valence-corrected chi connectivity index (χ0v) is 11.1. The molecule has 1 aliphatic heterocycles. The summed E-state index contributed by atoms with van der Waals surface area (Å²) in [7, 11) is 3.89. The number of piperidine rings is 1. The van der Waals surface area contributed by atoms with Gasteiger partial charge < -0.3 is 20.2 Å². The van der Waals surface area contributed by atoms with Gasteiger partial charge in [0, 0.05) is 12.6 Å². The molecule has 0 bridgehead atoms. The number of likely N-dealkylation sites (tertiary alicyclic amines) is 1. The molecule has 2 N–H and O–H groups in total. The van der Waals surface area contributed by atoms with Gasteiger partial charge in [0.25, 0.3) is 0 Å². The van der Waals surface area contributed by atoms with Gasteiger partial charge in [-0.2, -0.15) is 0 Å². The van der Waals surface area contributed by atoms with Gasteiger partial charge in [-0.05, 0) is 47.0 Å². The number of aliphatic hydroxyl groups is 1. The van der Waals surface area contributed by atoms with Gasteiger partial charge in [-0.25, -0.2) is 0 Å². The molecule has 0 radical (unpaired) electrons. The highest BCUT2D eigenvalue weighted by Gasteiger charge is 2.28. The van der Waals surface area contributed by atoms with Crippen molar-refractivity contribution in [2.45, 2.75) is 31.8 Å². The molecule has 0 aliphatic carbocycles. The lowest BCUT2D eigenvalue weighted by Crippen LogP contribution is -2.52. The van der Waals surface area contributed by atoms with E-state index in [1.807, 2.05) is 11.8 Å². The van der Waals surface area contributed by atoms with Crippen LogP contribution in [0.5, 0.6) is 0 Å². The van der Waals surface area contributed by atoms with Gasteiger partial charge in [-0.1, -0.05) is 0 Å². The first-order valence-corrected chi connectivity index (χ1v) is 6.37. The predicted octanol–water partition coefficient (Wildman–Crippen LogP) is -0.491. The van der Waals surface area contributed by atoms with E-state index in [-0.39, 0.29) is 24.6 Å². The molecule has 0 aromatic rings. The molecule has 1 heterocycles. The molecule has 1 saturated heterocycles. The first-order chi connectivity index (χ1) is 8.10. The minimum atomic E-state index is -0.179. The summed E-state index contributed by atoms with van der Waals surface area (Å²) < 4.78 is 0. The van der Waals surface area contributed by atoms with Crippen molar-refractivity contribution in [2.24, 2.45) is 0 Å². The molecular weight excluding hydrogens is 218 g/mol. The first-order valence-electron chi connectivity index (χ1n) is 6.37. The average Bonchev–Trinajstić information content (AvgIpc) is 2.35. The molecule has 0 aromatic heterocycles. The van der Waals surface area contributed by atoms with Crippen LogP contribution in [-0.2, 0) is 4.79 Å². The minimum Gasteiger partial charge on any atom is -0.395 e. The van der Waals surface area contributed by atoms with Crippen LogP contribution in [-0.4, -0.2) is 73.2 Å². The second kappa shape index (κ2) is 6.93. The number of nitrogens with one attached hydrogen (secondary N) is 1. The molecule has 1 amide bonds. The van der Waals surface area contributed by atoms with Crippen LogP contribution < -0.4 is 5.32 Å². The molecule has 1 aliphatic rings. The topological polar surface area (TPSA) is 55.8 Å². The SMILES string of the molecule is CNC(C)C(=O)N(CCO)C1CCN(C)CC1. The Kier molecular flexibility index (Phi) is 5.88. The molecule has 5 heteroatoms. The Labute approximate surface area is 104 Å². The van der Waals surface area contributed by atoms with E-state index in [0.717, 1.165) is 25.9 Å². The number of aliphatic hydroxyl groups excluding tert-OH is 1. The first kappa shape index (κ1) is 14.4. The van der Waals surface area contributed by atoms with Crippen molar-refractivity contribution in [3.8, 4) is 0 Å². The van der Waals surface area contributed by atoms with Crippen LogP contribution in [0.1, 0.15) is 19.8 Å². The Morgan fingerprint density at radius 2 is 2.12 bits per heavy atom. The number of amides is 1. The molecule has 0 saturated carbocycles. The van der Waals surface area contributed by atoms with Gasteiger partial charge in [-0.15, -0.1) is 0 Å². The zero-order valence-electron chi connectivity index (χ0n) is 11.1. The van der Waals surface area contributed by atoms with Gasteiger partial charge in [0.05, 0.1) is 12.6 Å². The summed E-state index contributed by atoms with van der Waals surface area (Å²) in [6, 6.07) is 0.0999. The van der Waals surface area contributed by atoms with E-state index in [0.29, 0.717) is 6.54 Å². The van der Waals surface area contributed by atoms with Gasteiger partial charge in [-0.3, -0.25) is 4.79 Å². The standard InChI is InChI=1S/C12H25N3O2/c1-10(13-2)12(17)15(8-9-16)11-4-6-14(3)7-5-11/h10-11,13,16H,4-9H2,1-3H3. The third kappa shape index (κ3) is 3.94.